The number of nitrogens with zero attached hydrogens (tertiary/aromatic N) is 1. The zero-order valence-corrected chi connectivity index (χ0v) is 18.0. The standard InChI is InChI=1S/C22H21FN2O3S2/c1-15-11-16(5-6-20(15)23)13-24-22(26)17-3-2-4-19(12-17)30(27,28)25-9-7-21-18(14-25)8-10-29-21/h2-6,8,10-12H,7,9,13-14H2,1H3,(H,24,26). The van der Waals surface area contributed by atoms with Crippen molar-refractivity contribution >= 4 is 27.3 Å². The number of carbonyl (C=O) groups excluding carboxylic acids is 1. The van der Waals surface area contributed by atoms with E-state index in [0.29, 0.717) is 25.1 Å². The van der Waals surface area contributed by atoms with E-state index < -0.39 is 10.0 Å². The number of benzene rings is 2. The van der Waals surface area contributed by atoms with Gasteiger partial charge in [0.1, 0.15) is 5.82 Å². The van der Waals surface area contributed by atoms with Gasteiger partial charge in [0, 0.05) is 30.1 Å². The van der Waals surface area contributed by atoms with Crippen LogP contribution in [0.25, 0.3) is 0 Å². The van der Waals surface area contributed by atoms with E-state index in [1.807, 2.05) is 11.4 Å². The lowest BCUT2D eigenvalue weighted by Gasteiger charge is -2.26. The highest BCUT2D eigenvalue weighted by Gasteiger charge is 2.29. The van der Waals surface area contributed by atoms with Crippen LogP contribution >= 0.6 is 11.3 Å². The molecule has 5 nitrogen and oxygen atoms in total. The van der Waals surface area contributed by atoms with Gasteiger partial charge in [-0.2, -0.15) is 4.31 Å². The molecule has 0 unspecified atom stereocenters. The molecule has 156 valence electrons. The lowest BCUT2D eigenvalue weighted by atomic mass is 10.1. The molecule has 0 radical (unpaired) electrons. The van der Waals surface area contributed by atoms with E-state index in [-0.39, 0.29) is 28.7 Å². The van der Waals surface area contributed by atoms with Gasteiger partial charge in [0.15, 0.2) is 0 Å². The summed E-state index contributed by atoms with van der Waals surface area (Å²) in [6.45, 7) is 2.66. The average molecular weight is 445 g/mol. The molecule has 0 fully saturated rings. The number of fused-ring (bicyclic) bond motifs is 1. The number of halogens is 1. The molecule has 0 saturated heterocycles. The van der Waals surface area contributed by atoms with E-state index in [1.54, 1.807) is 42.5 Å². The van der Waals surface area contributed by atoms with E-state index in [1.165, 1.54) is 27.4 Å². The number of thiophene rings is 1. The van der Waals surface area contributed by atoms with Crippen LogP contribution < -0.4 is 5.32 Å². The van der Waals surface area contributed by atoms with Gasteiger partial charge >= 0.3 is 0 Å². The van der Waals surface area contributed by atoms with Crippen LogP contribution in [0.5, 0.6) is 0 Å². The molecule has 2 aromatic carbocycles. The Balaban J connectivity index is 1.49. The molecule has 0 spiro atoms. The highest BCUT2D eigenvalue weighted by molar-refractivity contribution is 7.89. The second kappa shape index (κ2) is 8.29. The van der Waals surface area contributed by atoms with Crippen molar-refractivity contribution in [1.82, 2.24) is 9.62 Å². The Labute approximate surface area is 179 Å². The van der Waals surface area contributed by atoms with Crippen LogP contribution in [0, 0.1) is 12.7 Å². The van der Waals surface area contributed by atoms with Crippen molar-refractivity contribution in [3.8, 4) is 0 Å². The van der Waals surface area contributed by atoms with Gasteiger partial charge in [0.25, 0.3) is 5.91 Å². The molecule has 8 heteroatoms. The molecule has 1 N–H and O–H groups in total. The Kier molecular flexibility index (Phi) is 5.73. The highest BCUT2D eigenvalue weighted by Crippen LogP contribution is 2.28. The van der Waals surface area contributed by atoms with Crippen LogP contribution in [0.3, 0.4) is 0 Å². The summed E-state index contributed by atoms with van der Waals surface area (Å²) in [6.07, 6.45) is 0.698. The summed E-state index contributed by atoms with van der Waals surface area (Å²) >= 11 is 1.65. The third-order valence-corrected chi connectivity index (χ3v) is 8.05. The number of hydrogen-bond donors (Lipinski definition) is 1. The van der Waals surface area contributed by atoms with Crippen molar-refractivity contribution in [1.29, 1.82) is 0 Å². The largest absolute Gasteiger partial charge is 0.348 e. The number of carbonyl (C=O) groups is 1. The molecule has 1 aromatic heterocycles. The smallest absolute Gasteiger partial charge is 0.251 e. The predicted octanol–water partition coefficient (Wildman–Crippen LogP) is 3.87. The monoisotopic (exact) mass is 444 g/mol. The molecule has 30 heavy (non-hydrogen) atoms. The number of hydrogen-bond acceptors (Lipinski definition) is 4. The molecule has 0 saturated carbocycles. The Morgan fingerprint density at radius 2 is 2.03 bits per heavy atom. The van der Waals surface area contributed by atoms with Gasteiger partial charge in [-0.3, -0.25) is 4.79 Å². The molecule has 1 amide bonds. The summed E-state index contributed by atoms with van der Waals surface area (Å²) < 4.78 is 41.1. The van der Waals surface area contributed by atoms with Gasteiger partial charge in [-0.25, -0.2) is 12.8 Å². The maximum atomic E-state index is 13.4. The van der Waals surface area contributed by atoms with Crippen LogP contribution in [-0.4, -0.2) is 25.2 Å². The summed E-state index contributed by atoms with van der Waals surface area (Å²) in [4.78, 5) is 13.9. The van der Waals surface area contributed by atoms with E-state index in [2.05, 4.69) is 5.32 Å². The fourth-order valence-corrected chi connectivity index (χ4v) is 5.83. The topological polar surface area (TPSA) is 66.5 Å². The van der Waals surface area contributed by atoms with E-state index >= 15 is 0 Å². The molecule has 1 aliphatic heterocycles. The molecule has 0 bridgehead atoms. The summed E-state index contributed by atoms with van der Waals surface area (Å²) in [7, 11) is -3.70. The lowest BCUT2D eigenvalue weighted by molar-refractivity contribution is 0.0950. The van der Waals surface area contributed by atoms with Gasteiger partial charge in [0.2, 0.25) is 10.0 Å². The molecule has 0 atom stereocenters. The first-order valence-corrected chi connectivity index (χ1v) is 11.9. The molecule has 3 aromatic rings. The Morgan fingerprint density at radius 1 is 1.20 bits per heavy atom. The SMILES string of the molecule is Cc1cc(CNC(=O)c2cccc(S(=O)(=O)N3CCc4sccc4C3)c2)ccc1F. The average Bonchev–Trinajstić information content (AvgIpc) is 3.22. The Morgan fingerprint density at radius 3 is 2.83 bits per heavy atom. The third-order valence-electron chi connectivity index (χ3n) is 5.18. The third kappa shape index (κ3) is 4.16. The normalized spacial score (nSPS) is 14.3. The van der Waals surface area contributed by atoms with E-state index in [0.717, 1.165) is 11.1 Å². The molecule has 4 rings (SSSR count). The molecular formula is C22H21FN2O3S2. The van der Waals surface area contributed by atoms with Crippen LogP contribution in [0.4, 0.5) is 4.39 Å². The molecular weight excluding hydrogens is 423 g/mol. The fourth-order valence-electron chi connectivity index (χ4n) is 3.48. The highest BCUT2D eigenvalue weighted by atomic mass is 32.2. The molecule has 2 heterocycles. The minimum Gasteiger partial charge on any atom is -0.348 e. The van der Waals surface area contributed by atoms with Crippen molar-refractivity contribution < 1.29 is 17.6 Å². The van der Waals surface area contributed by atoms with Crippen molar-refractivity contribution in [2.45, 2.75) is 31.3 Å². The summed E-state index contributed by atoms with van der Waals surface area (Å²) in [5.74, 6) is -0.678. The Hall–Kier alpha value is -2.55. The van der Waals surface area contributed by atoms with Crippen LogP contribution in [0.1, 0.15) is 31.9 Å². The zero-order valence-electron chi connectivity index (χ0n) is 16.4. The second-order valence-electron chi connectivity index (χ2n) is 7.25. The van der Waals surface area contributed by atoms with Crippen LogP contribution in [0.15, 0.2) is 58.8 Å². The van der Waals surface area contributed by atoms with Gasteiger partial charge in [-0.15, -0.1) is 11.3 Å². The number of rotatable bonds is 5. The number of aryl methyl sites for hydroxylation is 1. The van der Waals surface area contributed by atoms with Gasteiger partial charge in [0.05, 0.1) is 4.90 Å². The van der Waals surface area contributed by atoms with Gasteiger partial charge in [-0.1, -0.05) is 18.2 Å². The maximum absolute atomic E-state index is 13.4. The predicted molar refractivity (Wildman–Crippen MR) is 114 cm³/mol. The molecule has 0 aliphatic carbocycles. The van der Waals surface area contributed by atoms with Gasteiger partial charge in [-0.05, 0) is 65.7 Å². The minimum absolute atomic E-state index is 0.103. The van der Waals surface area contributed by atoms with E-state index in [4.69, 9.17) is 0 Å². The van der Waals surface area contributed by atoms with Crippen molar-refractivity contribution in [3.63, 3.8) is 0 Å². The quantitative estimate of drug-likeness (QED) is 0.650. The van der Waals surface area contributed by atoms with Crippen molar-refractivity contribution in [3.05, 3.63) is 86.9 Å². The first-order chi connectivity index (χ1) is 14.3. The van der Waals surface area contributed by atoms with Crippen molar-refractivity contribution in [2.24, 2.45) is 0 Å². The zero-order chi connectivity index (χ0) is 21.3. The summed E-state index contributed by atoms with van der Waals surface area (Å²) in [5, 5.41) is 4.74. The lowest BCUT2D eigenvalue weighted by Crippen LogP contribution is -2.35. The Bertz CT molecular complexity index is 1200. The second-order valence-corrected chi connectivity index (χ2v) is 10.2. The number of nitrogens with one attached hydrogen (secondary N) is 1. The van der Waals surface area contributed by atoms with Crippen LogP contribution in [-0.2, 0) is 29.5 Å². The number of sulfonamides is 1. The van der Waals surface area contributed by atoms with Crippen LogP contribution in [0.2, 0.25) is 0 Å². The fraction of sp³-hybridized carbons (Fsp3) is 0.227. The maximum Gasteiger partial charge on any atom is 0.251 e. The van der Waals surface area contributed by atoms with Gasteiger partial charge < -0.3 is 5.32 Å². The number of amides is 1. The first-order valence-electron chi connectivity index (χ1n) is 9.53. The van der Waals surface area contributed by atoms with E-state index in [9.17, 15) is 17.6 Å². The first kappa shape index (κ1) is 20.7. The molecule has 1 aliphatic rings. The summed E-state index contributed by atoms with van der Waals surface area (Å²) in [5.41, 5.74) is 2.58. The summed E-state index contributed by atoms with van der Waals surface area (Å²) in [6, 6.07) is 12.7. The van der Waals surface area contributed by atoms with Crippen molar-refractivity contribution in [2.75, 3.05) is 6.54 Å². The minimum atomic E-state index is -3.70.